The molecule has 3 rings (SSSR count). The Labute approximate surface area is 144 Å². The quantitative estimate of drug-likeness (QED) is 0.862. The minimum atomic E-state index is -2.08. The van der Waals surface area contributed by atoms with Crippen LogP contribution in [0.2, 0.25) is 0 Å². The highest BCUT2D eigenvalue weighted by Crippen LogP contribution is 2.44. The lowest BCUT2D eigenvalue weighted by Crippen LogP contribution is -2.45. The average molecular weight is 343 g/mol. The SMILES string of the molecule is CC(C)(C)OC(=O)N1C(=O)[C@](O)(c2ccc(F)cc2)c2ccccc21. The van der Waals surface area contributed by atoms with Gasteiger partial charge in [-0.05, 0) is 44.5 Å². The van der Waals surface area contributed by atoms with Crippen LogP contribution in [0, 0.1) is 5.82 Å². The van der Waals surface area contributed by atoms with Gasteiger partial charge in [0.2, 0.25) is 0 Å². The van der Waals surface area contributed by atoms with E-state index in [-0.39, 0.29) is 16.8 Å². The molecule has 0 saturated carbocycles. The van der Waals surface area contributed by atoms with Gasteiger partial charge in [-0.25, -0.2) is 14.1 Å². The molecule has 1 N–H and O–H groups in total. The normalized spacial score (nSPS) is 19.7. The van der Waals surface area contributed by atoms with Crippen molar-refractivity contribution in [2.75, 3.05) is 4.90 Å². The number of nitrogens with zero attached hydrogens (tertiary/aromatic N) is 1. The van der Waals surface area contributed by atoms with Crippen LogP contribution in [0.15, 0.2) is 48.5 Å². The molecular formula is C19H18FNO4. The third-order valence-electron chi connectivity index (χ3n) is 3.89. The van der Waals surface area contributed by atoms with Crippen LogP contribution in [0.4, 0.5) is 14.9 Å². The topological polar surface area (TPSA) is 66.8 Å². The average Bonchev–Trinajstić information content (AvgIpc) is 2.76. The van der Waals surface area contributed by atoms with Gasteiger partial charge in [0, 0.05) is 5.56 Å². The Kier molecular flexibility index (Phi) is 3.88. The molecule has 0 aromatic heterocycles. The number of hydrogen-bond acceptors (Lipinski definition) is 4. The molecule has 0 bridgehead atoms. The first kappa shape index (κ1) is 17.1. The molecule has 0 unspecified atom stereocenters. The summed E-state index contributed by atoms with van der Waals surface area (Å²) in [5.74, 6) is -1.34. The van der Waals surface area contributed by atoms with Gasteiger partial charge in [0.15, 0.2) is 5.60 Å². The van der Waals surface area contributed by atoms with Gasteiger partial charge in [-0.2, -0.15) is 0 Å². The standard InChI is InChI=1S/C19H18FNO4/c1-18(2,3)25-17(23)21-15-7-5-4-6-14(15)19(24,16(21)22)12-8-10-13(20)11-9-12/h4-11,24H,1-3H3/t19-/m0/s1. The van der Waals surface area contributed by atoms with Crippen molar-refractivity contribution in [3.05, 3.63) is 65.5 Å². The first-order chi connectivity index (χ1) is 11.6. The summed E-state index contributed by atoms with van der Waals surface area (Å²) in [6.45, 7) is 5.05. The van der Waals surface area contributed by atoms with E-state index in [9.17, 15) is 19.1 Å². The minimum absolute atomic E-state index is 0.178. The third kappa shape index (κ3) is 2.78. The third-order valence-corrected chi connectivity index (χ3v) is 3.89. The summed E-state index contributed by atoms with van der Waals surface area (Å²) in [4.78, 5) is 26.3. The number of amides is 2. The fourth-order valence-corrected chi connectivity index (χ4v) is 2.82. The van der Waals surface area contributed by atoms with Crippen LogP contribution in [0.3, 0.4) is 0 Å². The van der Waals surface area contributed by atoms with E-state index in [0.717, 1.165) is 17.0 Å². The van der Waals surface area contributed by atoms with Crippen LogP contribution in [0.5, 0.6) is 0 Å². The predicted molar refractivity (Wildman–Crippen MR) is 89.6 cm³/mol. The van der Waals surface area contributed by atoms with Crippen molar-refractivity contribution in [2.45, 2.75) is 32.0 Å². The maximum absolute atomic E-state index is 13.2. The first-order valence-corrected chi connectivity index (χ1v) is 7.80. The number of imide groups is 1. The highest BCUT2D eigenvalue weighted by molar-refractivity contribution is 6.21. The summed E-state index contributed by atoms with van der Waals surface area (Å²) in [7, 11) is 0. The molecule has 0 fully saturated rings. The number of aliphatic hydroxyl groups is 1. The molecule has 1 atom stereocenters. The van der Waals surface area contributed by atoms with Crippen molar-refractivity contribution >= 4 is 17.7 Å². The zero-order valence-corrected chi connectivity index (χ0v) is 14.1. The van der Waals surface area contributed by atoms with Gasteiger partial charge >= 0.3 is 6.09 Å². The van der Waals surface area contributed by atoms with Crippen molar-refractivity contribution in [3.63, 3.8) is 0 Å². The summed E-state index contributed by atoms with van der Waals surface area (Å²) in [5, 5.41) is 11.2. The number of carbonyl (C=O) groups is 2. The van der Waals surface area contributed by atoms with Gasteiger partial charge in [0.1, 0.15) is 11.4 Å². The molecule has 0 spiro atoms. The molecule has 1 heterocycles. The van der Waals surface area contributed by atoms with Crippen LogP contribution >= 0.6 is 0 Å². The van der Waals surface area contributed by atoms with Crippen molar-refractivity contribution in [1.82, 2.24) is 0 Å². The molecule has 0 radical (unpaired) electrons. The van der Waals surface area contributed by atoms with Gasteiger partial charge < -0.3 is 9.84 Å². The number of anilines is 1. The van der Waals surface area contributed by atoms with Crippen LogP contribution in [0.25, 0.3) is 0 Å². The van der Waals surface area contributed by atoms with Crippen molar-refractivity contribution in [1.29, 1.82) is 0 Å². The molecular weight excluding hydrogens is 325 g/mol. The predicted octanol–water partition coefficient (Wildman–Crippen LogP) is 3.34. The van der Waals surface area contributed by atoms with Crippen molar-refractivity contribution < 1.29 is 23.8 Å². The van der Waals surface area contributed by atoms with E-state index in [4.69, 9.17) is 4.74 Å². The van der Waals surface area contributed by atoms with Gasteiger partial charge in [0.25, 0.3) is 5.91 Å². The monoisotopic (exact) mass is 343 g/mol. The lowest BCUT2D eigenvalue weighted by Gasteiger charge is -2.25. The maximum atomic E-state index is 13.2. The Bertz CT molecular complexity index is 841. The molecule has 5 nitrogen and oxygen atoms in total. The molecule has 2 aromatic rings. The second-order valence-corrected chi connectivity index (χ2v) is 6.86. The van der Waals surface area contributed by atoms with Crippen LogP contribution in [0.1, 0.15) is 31.9 Å². The van der Waals surface area contributed by atoms with E-state index < -0.39 is 29.0 Å². The van der Waals surface area contributed by atoms with E-state index in [1.807, 2.05) is 0 Å². The Balaban J connectivity index is 2.12. The Morgan fingerprint density at radius 3 is 2.32 bits per heavy atom. The number of para-hydroxylation sites is 1. The second-order valence-electron chi connectivity index (χ2n) is 6.86. The van der Waals surface area contributed by atoms with E-state index in [1.165, 1.54) is 12.1 Å². The molecule has 1 aliphatic heterocycles. The van der Waals surface area contributed by atoms with E-state index in [1.54, 1.807) is 45.0 Å². The number of fused-ring (bicyclic) bond motifs is 1. The van der Waals surface area contributed by atoms with Gasteiger partial charge in [0.05, 0.1) is 5.69 Å². The van der Waals surface area contributed by atoms with Gasteiger partial charge in [-0.15, -0.1) is 0 Å². The molecule has 1 aliphatic rings. The smallest absolute Gasteiger partial charge is 0.421 e. The van der Waals surface area contributed by atoms with Crippen LogP contribution in [-0.4, -0.2) is 22.7 Å². The zero-order valence-electron chi connectivity index (χ0n) is 14.1. The number of halogens is 1. The highest BCUT2D eigenvalue weighted by Gasteiger charge is 2.54. The highest BCUT2D eigenvalue weighted by atomic mass is 19.1. The lowest BCUT2D eigenvalue weighted by molar-refractivity contribution is -0.131. The fraction of sp³-hybridized carbons (Fsp3) is 0.263. The summed E-state index contributed by atoms with van der Waals surface area (Å²) in [6, 6.07) is 11.4. The van der Waals surface area contributed by atoms with Crippen molar-refractivity contribution in [3.8, 4) is 0 Å². The minimum Gasteiger partial charge on any atom is -0.443 e. The van der Waals surface area contributed by atoms with Crippen molar-refractivity contribution in [2.24, 2.45) is 0 Å². The number of benzene rings is 2. The Morgan fingerprint density at radius 2 is 1.72 bits per heavy atom. The lowest BCUT2D eigenvalue weighted by atomic mass is 9.87. The number of ether oxygens (including phenoxy) is 1. The second kappa shape index (κ2) is 5.67. The molecule has 2 aromatic carbocycles. The van der Waals surface area contributed by atoms with Gasteiger partial charge in [-0.1, -0.05) is 30.3 Å². The molecule has 2 amide bonds. The summed E-state index contributed by atoms with van der Waals surface area (Å²) in [6.07, 6.45) is -0.872. The number of carbonyl (C=O) groups excluding carboxylic acids is 2. The van der Waals surface area contributed by atoms with Crippen LogP contribution in [-0.2, 0) is 15.1 Å². The first-order valence-electron chi connectivity index (χ1n) is 7.80. The Morgan fingerprint density at radius 1 is 1.12 bits per heavy atom. The van der Waals surface area contributed by atoms with Gasteiger partial charge in [-0.3, -0.25) is 4.79 Å². The summed E-state index contributed by atoms with van der Waals surface area (Å²) >= 11 is 0. The summed E-state index contributed by atoms with van der Waals surface area (Å²) < 4.78 is 18.5. The van der Waals surface area contributed by atoms with E-state index in [0.29, 0.717) is 0 Å². The Hall–Kier alpha value is -2.73. The molecule has 25 heavy (non-hydrogen) atoms. The summed E-state index contributed by atoms with van der Waals surface area (Å²) in [5.41, 5.74) is -2.21. The van der Waals surface area contributed by atoms with E-state index >= 15 is 0 Å². The molecule has 0 saturated heterocycles. The number of hydrogen-bond donors (Lipinski definition) is 1. The van der Waals surface area contributed by atoms with Crippen LogP contribution < -0.4 is 4.90 Å². The van der Waals surface area contributed by atoms with E-state index in [2.05, 4.69) is 0 Å². The fourth-order valence-electron chi connectivity index (χ4n) is 2.82. The zero-order chi connectivity index (χ0) is 18.4. The molecule has 6 heteroatoms. The number of rotatable bonds is 1. The largest absolute Gasteiger partial charge is 0.443 e. The maximum Gasteiger partial charge on any atom is 0.421 e. The molecule has 130 valence electrons. The molecule has 0 aliphatic carbocycles.